The second kappa shape index (κ2) is 6.51. The smallest absolute Gasteiger partial charge is 0.255 e. The van der Waals surface area contributed by atoms with Crippen molar-refractivity contribution >= 4 is 5.96 Å². The Labute approximate surface area is 112 Å². The molecule has 0 amide bonds. The first-order chi connectivity index (χ1) is 9.19. The fourth-order valence-corrected chi connectivity index (χ4v) is 1.97. The minimum atomic E-state index is -0.105. The van der Waals surface area contributed by atoms with Crippen molar-refractivity contribution in [2.24, 2.45) is 10.7 Å². The molecule has 1 aliphatic rings. The van der Waals surface area contributed by atoms with Crippen LogP contribution >= 0.6 is 0 Å². The van der Waals surface area contributed by atoms with Gasteiger partial charge in [-0.25, -0.2) is 0 Å². The lowest BCUT2D eigenvalue weighted by molar-refractivity contribution is 0.0309. The highest BCUT2D eigenvalue weighted by Gasteiger charge is 2.30. The quantitative estimate of drug-likeness (QED) is 0.608. The molecule has 2 atom stereocenters. The van der Waals surface area contributed by atoms with E-state index >= 15 is 0 Å². The van der Waals surface area contributed by atoms with Crippen LogP contribution in [-0.2, 0) is 4.74 Å². The van der Waals surface area contributed by atoms with Gasteiger partial charge in [-0.2, -0.15) is 4.98 Å². The van der Waals surface area contributed by atoms with Crippen molar-refractivity contribution in [2.75, 3.05) is 13.1 Å². The van der Waals surface area contributed by atoms with Crippen LogP contribution in [-0.4, -0.2) is 35.3 Å². The van der Waals surface area contributed by atoms with E-state index in [-0.39, 0.29) is 12.2 Å². The van der Waals surface area contributed by atoms with E-state index in [9.17, 15) is 0 Å². The van der Waals surface area contributed by atoms with E-state index in [4.69, 9.17) is 15.0 Å². The number of aryl methyl sites for hydroxylation is 1. The average Bonchev–Trinajstić information content (AvgIpc) is 3.02. The van der Waals surface area contributed by atoms with Crippen molar-refractivity contribution in [3.63, 3.8) is 0 Å². The number of hydrogen-bond acceptors (Lipinski definition) is 5. The first kappa shape index (κ1) is 13.8. The average molecular weight is 267 g/mol. The lowest BCUT2D eigenvalue weighted by Crippen LogP contribution is -2.33. The molecule has 1 saturated heterocycles. The van der Waals surface area contributed by atoms with Crippen molar-refractivity contribution in [1.29, 1.82) is 0 Å². The Kier molecular flexibility index (Phi) is 4.73. The molecule has 106 valence electrons. The molecule has 2 heterocycles. The van der Waals surface area contributed by atoms with E-state index in [0.717, 1.165) is 25.8 Å². The predicted octanol–water partition coefficient (Wildman–Crippen LogP) is 0.912. The summed E-state index contributed by atoms with van der Waals surface area (Å²) in [7, 11) is 0. The molecule has 0 unspecified atom stereocenters. The van der Waals surface area contributed by atoms with Gasteiger partial charge in [-0.05, 0) is 26.2 Å². The first-order valence-electron chi connectivity index (χ1n) is 6.68. The lowest BCUT2D eigenvalue weighted by atomic mass is 10.2. The molecule has 19 heavy (non-hydrogen) atoms. The van der Waals surface area contributed by atoms with Gasteiger partial charge in [0.25, 0.3) is 5.89 Å². The highest BCUT2D eigenvalue weighted by atomic mass is 16.5. The number of guanidine groups is 1. The molecule has 0 bridgehead atoms. The zero-order valence-corrected chi connectivity index (χ0v) is 11.4. The van der Waals surface area contributed by atoms with Gasteiger partial charge in [0.2, 0.25) is 0 Å². The maximum absolute atomic E-state index is 5.83. The van der Waals surface area contributed by atoms with E-state index in [1.54, 1.807) is 6.92 Å². The Hall–Kier alpha value is -1.63. The molecule has 7 nitrogen and oxygen atoms in total. The molecule has 0 aromatic carbocycles. The van der Waals surface area contributed by atoms with Crippen LogP contribution in [0.15, 0.2) is 9.52 Å². The van der Waals surface area contributed by atoms with Crippen LogP contribution < -0.4 is 11.1 Å². The number of nitrogens with two attached hydrogens (primary N) is 1. The number of aromatic nitrogens is 2. The molecule has 0 spiro atoms. The summed E-state index contributed by atoms with van der Waals surface area (Å²) in [4.78, 5) is 8.46. The van der Waals surface area contributed by atoms with Gasteiger partial charge in [-0.15, -0.1) is 0 Å². The predicted molar refractivity (Wildman–Crippen MR) is 70.7 cm³/mol. The topological polar surface area (TPSA) is 98.6 Å². The van der Waals surface area contributed by atoms with E-state index in [2.05, 4.69) is 27.4 Å². The van der Waals surface area contributed by atoms with Gasteiger partial charge < -0.3 is 20.3 Å². The van der Waals surface area contributed by atoms with Crippen LogP contribution in [0.5, 0.6) is 0 Å². The van der Waals surface area contributed by atoms with Crippen LogP contribution in [0.4, 0.5) is 0 Å². The van der Waals surface area contributed by atoms with E-state index in [1.807, 2.05) is 0 Å². The Balaban J connectivity index is 1.79. The van der Waals surface area contributed by atoms with Crippen molar-refractivity contribution < 1.29 is 9.26 Å². The number of ether oxygens (including phenoxy) is 1. The molecule has 1 aromatic rings. The third-order valence-electron chi connectivity index (χ3n) is 2.95. The summed E-state index contributed by atoms with van der Waals surface area (Å²) in [6.07, 6.45) is 2.79. The molecule has 0 aliphatic carbocycles. The van der Waals surface area contributed by atoms with Crippen molar-refractivity contribution in [3.8, 4) is 0 Å². The summed E-state index contributed by atoms with van der Waals surface area (Å²) < 4.78 is 10.9. The second-order valence-electron chi connectivity index (χ2n) is 4.66. The van der Waals surface area contributed by atoms with E-state index in [1.165, 1.54) is 0 Å². The Bertz CT molecular complexity index is 432. The summed E-state index contributed by atoms with van der Waals surface area (Å²) in [6, 6.07) is 0. The van der Waals surface area contributed by atoms with Crippen molar-refractivity contribution in [3.05, 3.63) is 11.7 Å². The number of hydrogen-bond donors (Lipinski definition) is 2. The second-order valence-corrected chi connectivity index (χ2v) is 4.66. The maximum Gasteiger partial charge on any atom is 0.255 e. The zero-order chi connectivity index (χ0) is 13.7. The zero-order valence-electron chi connectivity index (χ0n) is 11.4. The molecule has 3 N–H and O–H groups in total. The van der Waals surface area contributed by atoms with Crippen LogP contribution in [0.3, 0.4) is 0 Å². The summed E-state index contributed by atoms with van der Waals surface area (Å²) in [5.41, 5.74) is 5.73. The standard InChI is InChI=1S/C12H21N5O2/c1-3-6-14-12(13)15-7-9-4-5-10(18-9)11-16-8(2)17-19-11/h9-10H,3-7H2,1-2H3,(H3,13,14,15)/t9-,10+/m1/s1. The van der Waals surface area contributed by atoms with Gasteiger partial charge in [0.15, 0.2) is 11.8 Å². The monoisotopic (exact) mass is 267 g/mol. The molecular weight excluding hydrogens is 246 g/mol. The number of nitrogens with one attached hydrogen (secondary N) is 1. The first-order valence-corrected chi connectivity index (χ1v) is 6.68. The van der Waals surface area contributed by atoms with Gasteiger partial charge in [0, 0.05) is 6.54 Å². The normalized spacial score (nSPS) is 23.8. The van der Waals surface area contributed by atoms with Gasteiger partial charge in [-0.3, -0.25) is 4.99 Å². The molecule has 1 aromatic heterocycles. The Morgan fingerprint density at radius 1 is 1.53 bits per heavy atom. The van der Waals surface area contributed by atoms with Crippen molar-refractivity contribution in [2.45, 2.75) is 45.3 Å². The van der Waals surface area contributed by atoms with Crippen molar-refractivity contribution in [1.82, 2.24) is 15.5 Å². The van der Waals surface area contributed by atoms with Crippen LogP contribution in [0, 0.1) is 6.92 Å². The summed E-state index contributed by atoms with van der Waals surface area (Å²) >= 11 is 0. The molecule has 7 heteroatoms. The van der Waals surface area contributed by atoms with Gasteiger partial charge in [0.1, 0.15) is 6.10 Å². The van der Waals surface area contributed by atoms with E-state index in [0.29, 0.717) is 24.2 Å². The third-order valence-corrected chi connectivity index (χ3v) is 2.95. The minimum absolute atomic E-state index is 0.0687. The Morgan fingerprint density at radius 3 is 3.05 bits per heavy atom. The van der Waals surface area contributed by atoms with E-state index < -0.39 is 0 Å². The van der Waals surface area contributed by atoms with Crippen LogP contribution in [0.25, 0.3) is 0 Å². The highest BCUT2D eigenvalue weighted by Crippen LogP contribution is 2.31. The molecule has 2 rings (SSSR count). The fraction of sp³-hybridized carbons (Fsp3) is 0.750. The van der Waals surface area contributed by atoms with Crippen LogP contribution in [0.2, 0.25) is 0 Å². The molecule has 1 fully saturated rings. The van der Waals surface area contributed by atoms with Gasteiger partial charge >= 0.3 is 0 Å². The number of rotatable bonds is 5. The molecule has 1 aliphatic heterocycles. The number of aliphatic imine (C=N–C) groups is 1. The van der Waals surface area contributed by atoms with Crippen LogP contribution in [0.1, 0.15) is 44.0 Å². The summed E-state index contributed by atoms with van der Waals surface area (Å²) in [5, 5.41) is 6.80. The largest absolute Gasteiger partial charge is 0.370 e. The minimum Gasteiger partial charge on any atom is -0.370 e. The fourth-order valence-electron chi connectivity index (χ4n) is 1.97. The summed E-state index contributed by atoms with van der Waals surface area (Å²) in [6.45, 7) is 5.28. The lowest BCUT2D eigenvalue weighted by Gasteiger charge is -2.09. The highest BCUT2D eigenvalue weighted by molar-refractivity contribution is 5.77. The molecule has 0 radical (unpaired) electrons. The Morgan fingerprint density at radius 2 is 2.37 bits per heavy atom. The molecular formula is C12H21N5O2. The third kappa shape index (κ3) is 3.92. The van der Waals surface area contributed by atoms with Gasteiger partial charge in [-0.1, -0.05) is 12.1 Å². The summed E-state index contributed by atoms with van der Waals surface area (Å²) in [5.74, 6) is 1.66. The molecule has 0 saturated carbocycles. The van der Waals surface area contributed by atoms with Gasteiger partial charge in [0.05, 0.1) is 12.6 Å². The SMILES string of the molecule is CCCNC(N)=NC[C@H]1CC[C@@H](c2nc(C)no2)O1. The number of nitrogens with zero attached hydrogens (tertiary/aromatic N) is 3. The maximum atomic E-state index is 5.83.